The van der Waals surface area contributed by atoms with Gasteiger partial charge in [-0.15, -0.1) is 6.58 Å². The van der Waals surface area contributed by atoms with E-state index in [2.05, 4.69) is 65.3 Å². The number of benzene rings is 1. The molecule has 1 rings (SSSR count). The van der Waals surface area contributed by atoms with Gasteiger partial charge in [-0.2, -0.15) is 0 Å². The van der Waals surface area contributed by atoms with Gasteiger partial charge >= 0.3 is 0 Å². The van der Waals surface area contributed by atoms with E-state index in [-0.39, 0.29) is 0 Å². The van der Waals surface area contributed by atoms with E-state index in [9.17, 15) is 0 Å². The Hall–Kier alpha value is -2.08. The standard InChI is InChI=1S/C17H20.C3H6.4C2H6/c1-7-12(3)16(13(4)8-2)17-14(5)10-9-11-15(17)6;1-3-2;4*1-2/h7-11H,1-3H2,4-6H3;3H,1H2,2H3;4*1-2H3/b16-13-;;;;;. The van der Waals surface area contributed by atoms with Crippen LogP contribution in [0.2, 0.25) is 0 Å². The first-order valence-electron chi connectivity index (χ1n) is 10.7. The highest BCUT2D eigenvalue weighted by Crippen LogP contribution is 2.31. The highest BCUT2D eigenvalue weighted by Gasteiger charge is 2.11. The van der Waals surface area contributed by atoms with Crippen LogP contribution in [0.5, 0.6) is 0 Å². The van der Waals surface area contributed by atoms with Crippen molar-refractivity contribution >= 4 is 5.57 Å². The first-order chi connectivity index (χ1) is 13.4. The lowest BCUT2D eigenvalue weighted by molar-refractivity contribution is 1.32. The van der Waals surface area contributed by atoms with Crippen LogP contribution in [0.4, 0.5) is 0 Å². The van der Waals surface area contributed by atoms with Crippen molar-refractivity contribution in [2.45, 2.75) is 83.1 Å². The van der Waals surface area contributed by atoms with Crippen molar-refractivity contribution in [2.24, 2.45) is 0 Å². The largest absolute Gasteiger partial charge is 0.103 e. The zero-order valence-electron chi connectivity index (χ0n) is 21.3. The number of aryl methyl sites for hydroxylation is 2. The molecule has 0 heterocycles. The number of rotatable bonds is 4. The first kappa shape index (κ1) is 36.8. The molecule has 0 aliphatic carbocycles. The topological polar surface area (TPSA) is 0 Å². The zero-order valence-corrected chi connectivity index (χ0v) is 21.3. The summed E-state index contributed by atoms with van der Waals surface area (Å²) >= 11 is 0. The van der Waals surface area contributed by atoms with Crippen molar-refractivity contribution in [3.05, 3.63) is 90.6 Å². The Labute approximate surface area is 179 Å². The molecule has 28 heavy (non-hydrogen) atoms. The molecule has 0 N–H and O–H groups in total. The van der Waals surface area contributed by atoms with Crippen LogP contribution >= 0.6 is 0 Å². The van der Waals surface area contributed by atoms with Crippen LogP contribution in [0.3, 0.4) is 0 Å². The molecule has 1 aromatic carbocycles. The Bertz CT molecular complexity index is 519. The van der Waals surface area contributed by atoms with Gasteiger partial charge in [-0.25, -0.2) is 0 Å². The van der Waals surface area contributed by atoms with Crippen LogP contribution in [-0.4, -0.2) is 0 Å². The van der Waals surface area contributed by atoms with Crippen LogP contribution in [0, 0.1) is 13.8 Å². The van der Waals surface area contributed by atoms with Crippen molar-refractivity contribution in [1.82, 2.24) is 0 Å². The molecule has 0 unspecified atom stereocenters. The molecule has 0 nitrogen and oxygen atoms in total. The van der Waals surface area contributed by atoms with Crippen molar-refractivity contribution in [1.29, 1.82) is 0 Å². The van der Waals surface area contributed by atoms with E-state index in [1.807, 2.05) is 68.4 Å². The molecule has 0 spiro atoms. The van der Waals surface area contributed by atoms with Gasteiger partial charge in [-0.1, -0.05) is 112 Å². The minimum Gasteiger partial charge on any atom is -0.103 e. The summed E-state index contributed by atoms with van der Waals surface area (Å²) in [6.07, 6.45) is 5.42. The van der Waals surface area contributed by atoms with E-state index in [1.54, 1.807) is 12.2 Å². The Balaban J connectivity index is -0.000000136. The van der Waals surface area contributed by atoms with Crippen molar-refractivity contribution < 1.29 is 0 Å². The molecule has 0 aliphatic heterocycles. The normalized spacial score (nSPS) is 8.43. The molecule has 0 aliphatic rings. The third-order valence-electron chi connectivity index (χ3n) is 3.00. The zero-order chi connectivity index (χ0) is 23.7. The van der Waals surface area contributed by atoms with Gasteiger partial charge in [-0.3, -0.25) is 0 Å². The quantitative estimate of drug-likeness (QED) is 0.356. The van der Waals surface area contributed by atoms with E-state index in [0.29, 0.717) is 0 Å². The van der Waals surface area contributed by atoms with Crippen LogP contribution in [0.25, 0.3) is 5.57 Å². The fourth-order valence-corrected chi connectivity index (χ4v) is 2.02. The number of hydrogen-bond donors (Lipinski definition) is 0. The van der Waals surface area contributed by atoms with Gasteiger partial charge in [0.05, 0.1) is 0 Å². The Morgan fingerprint density at radius 1 is 0.750 bits per heavy atom. The van der Waals surface area contributed by atoms with Crippen molar-refractivity contribution in [3.8, 4) is 0 Å². The fourth-order valence-electron chi connectivity index (χ4n) is 2.02. The number of hydrogen-bond acceptors (Lipinski definition) is 0. The Morgan fingerprint density at radius 3 is 1.32 bits per heavy atom. The lowest BCUT2D eigenvalue weighted by atomic mass is 9.88. The monoisotopic (exact) mass is 386 g/mol. The summed E-state index contributed by atoms with van der Waals surface area (Å²) in [6, 6.07) is 6.32. The molecule has 0 saturated carbocycles. The summed E-state index contributed by atoms with van der Waals surface area (Å²) in [5.41, 5.74) is 6.97. The maximum atomic E-state index is 4.08. The molecule has 0 atom stereocenters. The molecule has 0 fully saturated rings. The van der Waals surface area contributed by atoms with Gasteiger partial charge in [0, 0.05) is 0 Å². The highest BCUT2D eigenvalue weighted by molar-refractivity contribution is 5.86. The van der Waals surface area contributed by atoms with Gasteiger partial charge in [-0.05, 0) is 61.1 Å². The Kier molecular flexibility index (Phi) is 39.0. The van der Waals surface area contributed by atoms with Crippen molar-refractivity contribution in [3.63, 3.8) is 0 Å². The fraction of sp³-hybridized carbons (Fsp3) is 0.429. The molecular weight excluding hydrogens is 336 g/mol. The SMILES string of the molecule is C=CC.C=CC(=C)/C(=C(\C)C=C)c1c(C)cccc1C.CC.CC.CC.CC. The lowest BCUT2D eigenvalue weighted by Gasteiger charge is -2.16. The van der Waals surface area contributed by atoms with Crippen LogP contribution in [-0.2, 0) is 0 Å². The second kappa shape index (κ2) is 29.7. The first-order valence-corrected chi connectivity index (χ1v) is 10.7. The summed E-state index contributed by atoms with van der Waals surface area (Å²) < 4.78 is 0. The molecule has 0 aromatic heterocycles. The highest BCUT2D eigenvalue weighted by atomic mass is 14.2. The molecule has 0 heteroatoms. The minimum atomic E-state index is 0.944. The summed E-state index contributed by atoms with van der Waals surface area (Å²) in [6.45, 7) is 39.3. The summed E-state index contributed by atoms with van der Waals surface area (Å²) in [5.74, 6) is 0. The molecule has 0 saturated heterocycles. The van der Waals surface area contributed by atoms with E-state index in [1.165, 1.54) is 16.7 Å². The second-order valence-electron chi connectivity index (χ2n) is 4.67. The van der Waals surface area contributed by atoms with E-state index in [0.717, 1.165) is 16.7 Å². The van der Waals surface area contributed by atoms with Crippen LogP contribution in [0.1, 0.15) is 85.9 Å². The van der Waals surface area contributed by atoms with Gasteiger partial charge in [0.25, 0.3) is 0 Å². The maximum Gasteiger partial charge on any atom is -0.00832 e. The molecule has 162 valence electrons. The third kappa shape index (κ3) is 16.1. The van der Waals surface area contributed by atoms with Gasteiger partial charge in [0.2, 0.25) is 0 Å². The average molecular weight is 387 g/mol. The van der Waals surface area contributed by atoms with Crippen LogP contribution < -0.4 is 0 Å². The number of allylic oxidation sites excluding steroid dienone is 6. The average Bonchev–Trinajstić information content (AvgIpc) is 2.76. The molecule has 1 aromatic rings. The molecule has 0 amide bonds. The molecule has 0 radical (unpaired) electrons. The Morgan fingerprint density at radius 2 is 1.07 bits per heavy atom. The lowest BCUT2D eigenvalue weighted by Crippen LogP contribution is -1.96. The van der Waals surface area contributed by atoms with E-state index in [4.69, 9.17) is 0 Å². The van der Waals surface area contributed by atoms with E-state index < -0.39 is 0 Å². The summed E-state index contributed by atoms with van der Waals surface area (Å²) in [4.78, 5) is 0. The predicted octanol–water partition coefficient (Wildman–Crippen LogP) is 10.3. The van der Waals surface area contributed by atoms with Gasteiger partial charge < -0.3 is 0 Å². The summed E-state index contributed by atoms with van der Waals surface area (Å²) in [5, 5.41) is 0. The van der Waals surface area contributed by atoms with Crippen LogP contribution in [0.15, 0.2) is 73.9 Å². The molecular formula is C28H50. The second-order valence-corrected chi connectivity index (χ2v) is 4.67. The van der Waals surface area contributed by atoms with Gasteiger partial charge in [0.15, 0.2) is 0 Å². The smallest absolute Gasteiger partial charge is 0.00832 e. The molecule has 0 bridgehead atoms. The third-order valence-corrected chi connectivity index (χ3v) is 3.00. The predicted molar refractivity (Wildman–Crippen MR) is 139 cm³/mol. The van der Waals surface area contributed by atoms with Crippen molar-refractivity contribution in [2.75, 3.05) is 0 Å². The van der Waals surface area contributed by atoms with Gasteiger partial charge in [0.1, 0.15) is 0 Å². The maximum absolute atomic E-state index is 4.08. The summed E-state index contributed by atoms with van der Waals surface area (Å²) in [7, 11) is 0. The van der Waals surface area contributed by atoms with E-state index >= 15 is 0 Å². The minimum absolute atomic E-state index is 0.944.